The number of hydrogen-bond donors (Lipinski definition) is 2. The molecule has 2 aromatic heterocycles. The first-order chi connectivity index (χ1) is 8.58. The van der Waals surface area contributed by atoms with E-state index in [9.17, 15) is 9.59 Å². The van der Waals surface area contributed by atoms with E-state index in [0.717, 1.165) is 0 Å². The highest BCUT2D eigenvalue weighted by atomic mass is 16.4. The van der Waals surface area contributed by atoms with Crippen molar-refractivity contribution in [2.75, 3.05) is 5.32 Å². The maximum absolute atomic E-state index is 11.8. The number of carbonyl (C=O) groups excluding carboxylic acids is 1. The fourth-order valence-corrected chi connectivity index (χ4v) is 1.40. The molecule has 0 saturated heterocycles. The third-order valence-electron chi connectivity index (χ3n) is 2.28. The Bertz CT molecular complexity index is 604. The molecule has 0 aliphatic heterocycles. The van der Waals surface area contributed by atoms with Crippen LogP contribution < -0.4 is 5.32 Å². The molecule has 0 aliphatic rings. The Balaban J connectivity index is 2.20. The van der Waals surface area contributed by atoms with Gasteiger partial charge in [-0.25, -0.2) is 9.78 Å². The van der Waals surface area contributed by atoms with Crippen LogP contribution in [0.2, 0.25) is 0 Å². The molecule has 0 bridgehead atoms. The maximum Gasteiger partial charge on any atom is 0.354 e. The molecule has 6 nitrogen and oxygen atoms in total. The smallest absolute Gasteiger partial charge is 0.354 e. The molecule has 0 fully saturated rings. The van der Waals surface area contributed by atoms with Gasteiger partial charge in [-0.1, -0.05) is 6.07 Å². The molecule has 92 valence electrons. The Kier molecular flexibility index (Phi) is 3.09. The van der Waals surface area contributed by atoms with Gasteiger partial charge in [-0.2, -0.15) is 0 Å². The Morgan fingerprint density at radius 3 is 2.72 bits per heavy atom. The summed E-state index contributed by atoms with van der Waals surface area (Å²) in [6.07, 6.45) is 1.41. The molecular formula is C12H10N2O4. The zero-order valence-corrected chi connectivity index (χ0v) is 9.51. The summed E-state index contributed by atoms with van der Waals surface area (Å²) in [5.41, 5.74) is 0.561. The standard InChI is InChI=1S/C12H10N2O4/c1-7-5-6-18-10(7)11(15)14-9-4-2-3-8(13-9)12(16)17/h2-6H,1H3,(H,16,17)(H,13,14,15). The first kappa shape index (κ1) is 11.8. The number of hydrogen-bond acceptors (Lipinski definition) is 4. The number of pyridine rings is 1. The van der Waals surface area contributed by atoms with E-state index in [1.54, 1.807) is 13.0 Å². The van der Waals surface area contributed by atoms with Crippen LogP contribution in [0.3, 0.4) is 0 Å². The summed E-state index contributed by atoms with van der Waals surface area (Å²) in [5, 5.41) is 11.3. The average molecular weight is 246 g/mol. The molecule has 2 heterocycles. The van der Waals surface area contributed by atoms with Crippen molar-refractivity contribution in [1.29, 1.82) is 0 Å². The van der Waals surface area contributed by atoms with E-state index in [-0.39, 0.29) is 17.3 Å². The number of aromatic carboxylic acids is 1. The predicted octanol–water partition coefficient (Wildman–Crippen LogP) is 1.93. The number of furan rings is 1. The summed E-state index contributed by atoms with van der Waals surface area (Å²) in [7, 11) is 0. The fraction of sp³-hybridized carbons (Fsp3) is 0.0833. The minimum absolute atomic E-state index is 0.135. The quantitative estimate of drug-likeness (QED) is 0.863. The van der Waals surface area contributed by atoms with Crippen LogP contribution in [0.1, 0.15) is 26.6 Å². The molecule has 2 rings (SSSR count). The van der Waals surface area contributed by atoms with E-state index in [1.165, 1.54) is 24.5 Å². The largest absolute Gasteiger partial charge is 0.477 e. The van der Waals surface area contributed by atoms with Gasteiger partial charge in [0, 0.05) is 5.56 Å². The van der Waals surface area contributed by atoms with Gasteiger partial charge in [0.25, 0.3) is 5.91 Å². The average Bonchev–Trinajstić information content (AvgIpc) is 2.76. The third kappa shape index (κ3) is 2.37. The molecule has 0 spiro atoms. The summed E-state index contributed by atoms with van der Waals surface area (Å²) in [4.78, 5) is 26.3. The summed E-state index contributed by atoms with van der Waals surface area (Å²) < 4.78 is 5.02. The summed E-state index contributed by atoms with van der Waals surface area (Å²) in [5.74, 6) is -1.28. The number of carbonyl (C=O) groups is 2. The molecule has 2 aromatic rings. The van der Waals surface area contributed by atoms with Gasteiger partial charge in [0.05, 0.1) is 6.26 Å². The van der Waals surface area contributed by atoms with Crippen LogP contribution in [0.5, 0.6) is 0 Å². The van der Waals surface area contributed by atoms with Crippen molar-refractivity contribution in [3.05, 3.63) is 47.5 Å². The zero-order valence-electron chi connectivity index (χ0n) is 9.51. The monoisotopic (exact) mass is 246 g/mol. The molecule has 0 unspecified atom stereocenters. The first-order valence-corrected chi connectivity index (χ1v) is 5.13. The van der Waals surface area contributed by atoms with Crippen LogP contribution in [0.4, 0.5) is 5.82 Å². The van der Waals surface area contributed by atoms with E-state index >= 15 is 0 Å². The fourth-order valence-electron chi connectivity index (χ4n) is 1.40. The Labute approximate surface area is 102 Å². The van der Waals surface area contributed by atoms with Gasteiger partial charge in [-0.3, -0.25) is 4.79 Å². The number of aromatic nitrogens is 1. The number of nitrogens with zero attached hydrogens (tertiary/aromatic N) is 1. The number of carboxylic acid groups (broad SMARTS) is 1. The molecular weight excluding hydrogens is 236 g/mol. The van der Waals surface area contributed by atoms with Crippen molar-refractivity contribution in [2.24, 2.45) is 0 Å². The van der Waals surface area contributed by atoms with Crippen molar-refractivity contribution in [3.63, 3.8) is 0 Å². The number of carboxylic acids is 1. The Morgan fingerprint density at radius 1 is 1.33 bits per heavy atom. The summed E-state index contributed by atoms with van der Waals surface area (Å²) >= 11 is 0. The van der Waals surface area contributed by atoms with Gasteiger partial charge in [0.1, 0.15) is 5.82 Å². The highest BCUT2D eigenvalue weighted by molar-refractivity contribution is 6.02. The van der Waals surface area contributed by atoms with Gasteiger partial charge < -0.3 is 14.8 Å². The molecule has 0 atom stereocenters. The second-order valence-electron chi connectivity index (χ2n) is 3.60. The van der Waals surface area contributed by atoms with E-state index < -0.39 is 11.9 Å². The highest BCUT2D eigenvalue weighted by Gasteiger charge is 2.14. The lowest BCUT2D eigenvalue weighted by molar-refractivity contribution is 0.0690. The van der Waals surface area contributed by atoms with E-state index in [2.05, 4.69) is 10.3 Å². The Hall–Kier alpha value is -2.63. The Morgan fingerprint density at radius 2 is 2.11 bits per heavy atom. The number of rotatable bonds is 3. The molecule has 2 N–H and O–H groups in total. The number of aryl methyl sites for hydroxylation is 1. The maximum atomic E-state index is 11.8. The summed E-state index contributed by atoms with van der Waals surface area (Å²) in [6.45, 7) is 1.74. The van der Waals surface area contributed by atoms with Crippen molar-refractivity contribution in [2.45, 2.75) is 6.92 Å². The summed E-state index contributed by atoms with van der Waals surface area (Å²) in [6, 6.07) is 6.01. The molecule has 0 aromatic carbocycles. The molecule has 0 saturated carbocycles. The number of amides is 1. The van der Waals surface area contributed by atoms with Crippen molar-refractivity contribution < 1.29 is 19.1 Å². The second-order valence-corrected chi connectivity index (χ2v) is 3.60. The van der Waals surface area contributed by atoms with Gasteiger partial charge >= 0.3 is 5.97 Å². The van der Waals surface area contributed by atoms with Gasteiger partial charge in [0.2, 0.25) is 0 Å². The predicted molar refractivity (Wildman–Crippen MR) is 62.6 cm³/mol. The van der Waals surface area contributed by atoms with E-state index in [4.69, 9.17) is 9.52 Å². The minimum atomic E-state index is -1.15. The molecule has 0 aliphatic carbocycles. The SMILES string of the molecule is Cc1ccoc1C(=O)Nc1cccc(C(=O)O)n1. The normalized spacial score (nSPS) is 10.1. The van der Waals surface area contributed by atoms with Crippen LogP contribution in [-0.4, -0.2) is 22.0 Å². The van der Waals surface area contributed by atoms with Crippen LogP contribution >= 0.6 is 0 Å². The van der Waals surface area contributed by atoms with Crippen LogP contribution in [-0.2, 0) is 0 Å². The van der Waals surface area contributed by atoms with Crippen LogP contribution in [0.25, 0.3) is 0 Å². The van der Waals surface area contributed by atoms with Gasteiger partial charge in [0.15, 0.2) is 11.5 Å². The van der Waals surface area contributed by atoms with Crippen molar-refractivity contribution >= 4 is 17.7 Å². The lowest BCUT2D eigenvalue weighted by Crippen LogP contribution is -2.14. The lowest BCUT2D eigenvalue weighted by Gasteiger charge is -2.03. The minimum Gasteiger partial charge on any atom is -0.477 e. The van der Waals surface area contributed by atoms with E-state index in [1.807, 2.05) is 0 Å². The lowest BCUT2D eigenvalue weighted by atomic mass is 10.2. The number of nitrogens with one attached hydrogen (secondary N) is 1. The van der Waals surface area contributed by atoms with Gasteiger partial charge in [-0.05, 0) is 25.1 Å². The van der Waals surface area contributed by atoms with Crippen LogP contribution in [0.15, 0.2) is 34.9 Å². The van der Waals surface area contributed by atoms with Crippen molar-refractivity contribution in [3.8, 4) is 0 Å². The second kappa shape index (κ2) is 4.70. The molecule has 18 heavy (non-hydrogen) atoms. The van der Waals surface area contributed by atoms with E-state index in [0.29, 0.717) is 5.56 Å². The molecule has 1 amide bonds. The highest BCUT2D eigenvalue weighted by Crippen LogP contribution is 2.12. The third-order valence-corrected chi connectivity index (χ3v) is 2.28. The topological polar surface area (TPSA) is 92.4 Å². The first-order valence-electron chi connectivity index (χ1n) is 5.13. The van der Waals surface area contributed by atoms with Crippen molar-refractivity contribution in [1.82, 2.24) is 4.98 Å². The molecule has 0 radical (unpaired) electrons. The van der Waals surface area contributed by atoms with Crippen LogP contribution in [0, 0.1) is 6.92 Å². The number of anilines is 1. The zero-order chi connectivity index (χ0) is 13.1. The molecule has 6 heteroatoms. The van der Waals surface area contributed by atoms with Gasteiger partial charge in [-0.15, -0.1) is 0 Å².